The molecule has 1 aromatic carbocycles. The molecule has 3 nitrogen and oxygen atoms in total. The topological polar surface area (TPSA) is 55.1 Å². The zero-order chi connectivity index (χ0) is 14.1. The highest BCUT2D eigenvalue weighted by molar-refractivity contribution is 9.10. The van der Waals surface area contributed by atoms with Crippen LogP contribution in [0, 0.1) is 0 Å². The quantitative estimate of drug-likeness (QED) is 0.536. The lowest BCUT2D eigenvalue weighted by atomic mass is 10.1. The third-order valence-corrected chi connectivity index (χ3v) is 3.73. The van der Waals surface area contributed by atoms with E-state index in [1.807, 2.05) is 12.1 Å². The fraction of sp³-hybridized carbons (Fsp3) is 0.533. The molecule has 19 heavy (non-hydrogen) atoms. The Morgan fingerprint density at radius 1 is 1.21 bits per heavy atom. The van der Waals surface area contributed by atoms with Crippen LogP contribution in [0.1, 0.15) is 51.9 Å². The Labute approximate surface area is 124 Å². The van der Waals surface area contributed by atoms with Gasteiger partial charge >= 0.3 is 0 Å². The van der Waals surface area contributed by atoms with E-state index in [1.165, 1.54) is 25.7 Å². The number of nitrogens with two attached hydrogens (primary N) is 1. The van der Waals surface area contributed by atoms with E-state index in [4.69, 9.17) is 5.73 Å². The van der Waals surface area contributed by atoms with Crippen LogP contribution in [-0.2, 0) is 4.79 Å². The monoisotopic (exact) mass is 326 g/mol. The molecule has 0 unspecified atom stereocenters. The molecule has 3 N–H and O–H groups in total. The van der Waals surface area contributed by atoms with Crippen LogP contribution in [0.2, 0.25) is 0 Å². The number of hydrogen-bond donors (Lipinski definition) is 2. The Kier molecular flexibility index (Phi) is 7.56. The molecule has 0 saturated carbocycles. The van der Waals surface area contributed by atoms with Crippen molar-refractivity contribution in [2.24, 2.45) is 0 Å². The molecule has 1 aromatic rings. The number of halogens is 1. The van der Waals surface area contributed by atoms with Gasteiger partial charge in [-0.05, 0) is 40.5 Å². The van der Waals surface area contributed by atoms with Crippen molar-refractivity contribution in [3.63, 3.8) is 0 Å². The molecule has 1 amide bonds. The van der Waals surface area contributed by atoms with Gasteiger partial charge in [-0.25, -0.2) is 0 Å². The fourth-order valence-corrected chi connectivity index (χ4v) is 2.27. The molecule has 0 saturated heterocycles. The Morgan fingerprint density at radius 2 is 1.89 bits per heavy atom. The lowest BCUT2D eigenvalue weighted by molar-refractivity contribution is -0.116. The predicted octanol–water partition coefficient (Wildman–Crippen LogP) is 4.72. The second-order valence-electron chi connectivity index (χ2n) is 4.80. The van der Waals surface area contributed by atoms with Crippen molar-refractivity contribution in [2.75, 3.05) is 11.1 Å². The highest BCUT2D eigenvalue weighted by atomic mass is 79.9. The van der Waals surface area contributed by atoms with Crippen molar-refractivity contribution in [2.45, 2.75) is 51.9 Å². The van der Waals surface area contributed by atoms with E-state index in [9.17, 15) is 4.79 Å². The van der Waals surface area contributed by atoms with Crippen molar-refractivity contribution < 1.29 is 4.79 Å². The van der Waals surface area contributed by atoms with Gasteiger partial charge < -0.3 is 11.1 Å². The van der Waals surface area contributed by atoms with Gasteiger partial charge in [0.15, 0.2) is 0 Å². The summed E-state index contributed by atoms with van der Waals surface area (Å²) in [4.78, 5) is 11.7. The first-order valence-electron chi connectivity index (χ1n) is 6.98. The molecule has 0 aliphatic carbocycles. The molecule has 0 radical (unpaired) electrons. The van der Waals surface area contributed by atoms with Crippen LogP contribution >= 0.6 is 15.9 Å². The Hall–Kier alpha value is -1.03. The fourth-order valence-electron chi connectivity index (χ4n) is 1.89. The number of benzene rings is 1. The van der Waals surface area contributed by atoms with E-state index in [1.54, 1.807) is 6.07 Å². The van der Waals surface area contributed by atoms with Crippen molar-refractivity contribution in [1.29, 1.82) is 0 Å². The maximum absolute atomic E-state index is 11.7. The summed E-state index contributed by atoms with van der Waals surface area (Å²) in [6.07, 6.45) is 7.76. The van der Waals surface area contributed by atoms with Crippen LogP contribution in [-0.4, -0.2) is 5.91 Å². The van der Waals surface area contributed by atoms with Crippen molar-refractivity contribution in [3.05, 3.63) is 22.7 Å². The first-order chi connectivity index (χ1) is 9.13. The number of carbonyl (C=O) groups excluding carboxylic acids is 1. The van der Waals surface area contributed by atoms with Crippen molar-refractivity contribution in [1.82, 2.24) is 0 Å². The van der Waals surface area contributed by atoms with E-state index in [0.717, 1.165) is 23.0 Å². The van der Waals surface area contributed by atoms with Gasteiger partial charge in [0, 0.05) is 22.3 Å². The molecular weight excluding hydrogens is 304 g/mol. The lowest BCUT2D eigenvalue weighted by Crippen LogP contribution is -2.11. The predicted molar refractivity (Wildman–Crippen MR) is 85.2 cm³/mol. The van der Waals surface area contributed by atoms with Crippen LogP contribution in [0.3, 0.4) is 0 Å². The van der Waals surface area contributed by atoms with Gasteiger partial charge in [-0.15, -0.1) is 0 Å². The highest BCUT2D eigenvalue weighted by Gasteiger charge is 2.03. The first kappa shape index (κ1) is 16.0. The molecule has 1 rings (SSSR count). The minimum absolute atomic E-state index is 0.0761. The number of rotatable bonds is 8. The minimum atomic E-state index is 0.0761. The number of amides is 1. The number of unbranched alkanes of at least 4 members (excludes halogenated alkanes) is 5. The molecule has 4 heteroatoms. The second-order valence-corrected chi connectivity index (χ2v) is 5.66. The van der Waals surface area contributed by atoms with E-state index in [0.29, 0.717) is 12.1 Å². The van der Waals surface area contributed by atoms with Gasteiger partial charge in [0.05, 0.1) is 0 Å². The van der Waals surface area contributed by atoms with Gasteiger partial charge in [0.25, 0.3) is 0 Å². The Morgan fingerprint density at radius 3 is 2.58 bits per heavy atom. The number of anilines is 2. The number of hydrogen-bond acceptors (Lipinski definition) is 2. The third-order valence-electron chi connectivity index (χ3n) is 3.04. The van der Waals surface area contributed by atoms with E-state index in [2.05, 4.69) is 28.2 Å². The third kappa shape index (κ3) is 6.62. The van der Waals surface area contributed by atoms with E-state index < -0.39 is 0 Å². The first-order valence-corrected chi connectivity index (χ1v) is 7.77. The molecule has 106 valence electrons. The number of nitrogen functional groups attached to an aromatic ring is 1. The summed E-state index contributed by atoms with van der Waals surface area (Å²) in [5, 5.41) is 2.89. The van der Waals surface area contributed by atoms with Crippen LogP contribution in [0.15, 0.2) is 22.7 Å². The Bertz CT molecular complexity index is 407. The van der Waals surface area contributed by atoms with Crippen LogP contribution in [0.5, 0.6) is 0 Å². The van der Waals surface area contributed by atoms with Crippen LogP contribution in [0.25, 0.3) is 0 Å². The van der Waals surface area contributed by atoms with Crippen LogP contribution < -0.4 is 11.1 Å². The van der Waals surface area contributed by atoms with Gasteiger partial charge in [-0.2, -0.15) is 0 Å². The summed E-state index contributed by atoms with van der Waals surface area (Å²) in [6.45, 7) is 2.21. The smallest absolute Gasteiger partial charge is 0.224 e. The van der Waals surface area contributed by atoms with Crippen LogP contribution in [0.4, 0.5) is 11.4 Å². The highest BCUT2D eigenvalue weighted by Crippen LogP contribution is 2.23. The summed E-state index contributed by atoms with van der Waals surface area (Å²) in [5.74, 6) is 0.0761. The summed E-state index contributed by atoms with van der Waals surface area (Å²) in [6, 6.07) is 5.43. The average Bonchev–Trinajstić information content (AvgIpc) is 2.38. The van der Waals surface area contributed by atoms with Gasteiger partial charge in [-0.1, -0.05) is 39.0 Å². The normalized spacial score (nSPS) is 10.4. The molecular formula is C15H23BrN2O. The Balaban J connectivity index is 2.21. The summed E-state index contributed by atoms with van der Waals surface area (Å²) in [7, 11) is 0. The molecule has 0 aliphatic heterocycles. The molecule has 0 bridgehead atoms. The maximum atomic E-state index is 11.7. The van der Waals surface area contributed by atoms with Gasteiger partial charge in [0.2, 0.25) is 5.91 Å². The molecule has 0 heterocycles. The maximum Gasteiger partial charge on any atom is 0.224 e. The number of nitrogens with one attached hydrogen (secondary N) is 1. The standard InChI is InChI=1S/C15H23BrN2O/c1-2-3-4-5-6-7-8-15(19)18-12-9-10-14(17)13(16)11-12/h9-11H,2-8,17H2,1H3,(H,18,19). The molecule has 0 spiro atoms. The lowest BCUT2D eigenvalue weighted by Gasteiger charge is -2.07. The van der Waals surface area contributed by atoms with Gasteiger partial charge in [-0.3, -0.25) is 4.79 Å². The summed E-state index contributed by atoms with van der Waals surface area (Å²) < 4.78 is 0.810. The molecule has 0 atom stereocenters. The molecule has 0 aliphatic rings. The van der Waals surface area contributed by atoms with E-state index >= 15 is 0 Å². The zero-order valence-corrected chi connectivity index (χ0v) is 13.1. The summed E-state index contributed by atoms with van der Waals surface area (Å²) >= 11 is 3.35. The number of carbonyl (C=O) groups is 1. The average molecular weight is 327 g/mol. The molecule has 0 fully saturated rings. The second kappa shape index (κ2) is 8.97. The largest absolute Gasteiger partial charge is 0.398 e. The SMILES string of the molecule is CCCCCCCCC(=O)Nc1ccc(N)c(Br)c1. The van der Waals surface area contributed by atoms with Crippen molar-refractivity contribution in [3.8, 4) is 0 Å². The minimum Gasteiger partial charge on any atom is -0.398 e. The molecule has 0 aromatic heterocycles. The van der Waals surface area contributed by atoms with Crippen molar-refractivity contribution >= 4 is 33.2 Å². The van der Waals surface area contributed by atoms with Gasteiger partial charge in [0.1, 0.15) is 0 Å². The zero-order valence-electron chi connectivity index (χ0n) is 11.5. The summed E-state index contributed by atoms with van der Waals surface area (Å²) in [5.41, 5.74) is 7.16. The van der Waals surface area contributed by atoms with E-state index in [-0.39, 0.29) is 5.91 Å².